The molecular formula is C13H16IN. The number of hydrogen-bond acceptors (Lipinski definition) is 1. The number of halogens is 1. The van der Waals surface area contributed by atoms with Crippen LogP contribution in [0.15, 0.2) is 35.3 Å². The van der Waals surface area contributed by atoms with Gasteiger partial charge in [-0.15, -0.1) is 0 Å². The van der Waals surface area contributed by atoms with Gasteiger partial charge in [0.05, 0.1) is 6.04 Å². The maximum atomic E-state index is 4.70. The molecule has 2 heteroatoms. The van der Waals surface area contributed by atoms with Crippen LogP contribution in [0.5, 0.6) is 0 Å². The van der Waals surface area contributed by atoms with Gasteiger partial charge in [-0.3, -0.25) is 4.99 Å². The van der Waals surface area contributed by atoms with Crippen molar-refractivity contribution >= 4 is 28.8 Å². The highest BCUT2D eigenvalue weighted by Gasteiger charge is 2.20. The van der Waals surface area contributed by atoms with Gasteiger partial charge in [-0.1, -0.05) is 65.8 Å². The second kappa shape index (κ2) is 5.64. The summed E-state index contributed by atoms with van der Waals surface area (Å²) >= 11 is 2.55. The van der Waals surface area contributed by atoms with Crippen molar-refractivity contribution in [3.8, 4) is 0 Å². The molecule has 1 fully saturated rings. The first-order chi connectivity index (χ1) is 7.36. The van der Waals surface area contributed by atoms with Gasteiger partial charge in [0.25, 0.3) is 0 Å². The molecule has 0 radical (unpaired) electrons. The Morgan fingerprint density at radius 2 is 1.87 bits per heavy atom. The van der Waals surface area contributed by atoms with Crippen molar-refractivity contribution in [2.24, 2.45) is 4.99 Å². The minimum atomic E-state index is 0.541. The fraction of sp³-hybridized carbons (Fsp3) is 0.462. The van der Waals surface area contributed by atoms with Gasteiger partial charge in [0.2, 0.25) is 0 Å². The standard InChI is InChI=1S/C13H16IN/c14-12-8-4-5-9-13(12)15-10-11-6-2-1-3-7-11/h1-3,6-7,10,12-13H,4-5,8-9H2/b15-10+/t12-,13+/m1/s1. The van der Waals surface area contributed by atoms with Crippen LogP contribution in [-0.4, -0.2) is 16.2 Å². The third-order valence-electron chi connectivity index (χ3n) is 2.86. The Labute approximate surface area is 105 Å². The maximum Gasteiger partial charge on any atom is 0.0617 e. The third-order valence-corrected chi connectivity index (χ3v) is 4.31. The van der Waals surface area contributed by atoms with E-state index in [0.29, 0.717) is 6.04 Å². The van der Waals surface area contributed by atoms with Crippen LogP contribution >= 0.6 is 22.6 Å². The van der Waals surface area contributed by atoms with Crippen molar-refractivity contribution in [1.82, 2.24) is 0 Å². The second-order valence-electron chi connectivity index (χ2n) is 4.06. The fourth-order valence-electron chi connectivity index (χ4n) is 1.95. The Bertz CT molecular complexity index is 321. The topological polar surface area (TPSA) is 12.4 Å². The van der Waals surface area contributed by atoms with Crippen molar-refractivity contribution in [2.45, 2.75) is 35.6 Å². The third kappa shape index (κ3) is 3.30. The number of rotatable bonds is 2. The summed E-state index contributed by atoms with van der Waals surface area (Å²) in [4.78, 5) is 4.70. The Kier molecular flexibility index (Phi) is 4.18. The van der Waals surface area contributed by atoms with Gasteiger partial charge in [-0.2, -0.15) is 0 Å². The molecule has 2 rings (SSSR count). The smallest absolute Gasteiger partial charge is 0.0617 e. The van der Waals surface area contributed by atoms with Crippen molar-refractivity contribution in [2.75, 3.05) is 0 Å². The predicted molar refractivity (Wildman–Crippen MR) is 74.1 cm³/mol. The van der Waals surface area contributed by atoms with E-state index in [0.717, 1.165) is 3.92 Å². The van der Waals surface area contributed by atoms with Crippen LogP contribution in [0.25, 0.3) is 0 Å². The first-order valence-electron chi connectivity index (χ1n) is 5.58. The van der Waals surface area contributed by atoms with Crippen LogP contribution in [0.2, 0.25) is 0 Å². The first kappa shape index (κ1) is 11.1. The monoisotopic (exact) mass is 313 g/mol. The lowest BCUT2D eigenvalue weighted by Crippen LogP contribution is -2.22. The molecule has 2 atom stereocenters. The number of nitrogens with zero attached hydrogens (tertiary/aromatic N) is 1. The molecule has 0 amide bonds. The molecule has 1 nitrogen and oxygen atoms in total. The van der Waals surface area contributed by atoms with E-state index < -0.39 is 0 Å². The molecule has 0 aliphatic heterocycles. The summed E-state index contributed by atoms with van der Waals surface area (Å²) in [5.41, 5.74) is 1.21. The van der Waals surface area contributed by atoms with Gasteiger partial charge in [-0.05, 0) is 18.4 Å². The minimum absolute atomic E-state index is 0.541. The van der Waals surface area contributed by atoms with Gasteiger partial charge < -0.3 is 0 Å². The molecule has 1 aromatic carbocycles. The summed E-state index contributed by atoms with van der Waals surface area (Å²) in [5.74, 6) is 0. The van der Waals surface area contributed by atoms with Crippen molar-refractivity contribution in [3.05, 3.63) is 35.9 Å². The molecule has 0 heterocycles. The molecule has 0 spiro atoms. The number of alkyl halides is 1. The largest absolute Gasteiger partial charge is 0.288 e. The van der Waals surface area contributed by atoms with Gasteiger partial charge in [-0.25, -0.2) is 0 Å². The molecular weight excluding hydrogens is 297 g/mol. The highest BCUT2D eigenvalue weighted by Crippen LogP contribution is 2.27. The normalized spacial score (nSPS) is 27.0. The van der Waals surface area contributed by atoms with E-state index >= 15 is 0 Å². The van der Waals surface area contributed by atoms with E-state index in [9.17, 15) is 0 Å². The molecule has 0 unspecified atom stereocenters. The summed E-state index contributed by atoms with van der Waals surface area (Å²) in [6.45, 7) is 0. The summed E-state index contributed by atoms with van der Waals surface area (Å²) in [6.07, 6.45) is 7.34. The Morgan fingerprint density at radius 1 is 1.13 bits per heavy atom. The Balaban J connectivity index is 1.98. The molecule has 0 N–H and O–H groups in total. The molecule has 15 heavy (non-hydrogen) atoms. The molecule has 80 valence electrons. The van der Waals surface area contributed by atoms with Crippen LogP contribution < -0.4 is 0 Å². The van der Waals surface area contributed by atoms with Crippen LogP contribution in [-0.2, 0) is 0 Å². The fourth-order valence-corrected chi connectivity index (χ4v) is 2.94. The molecule has 0 saturated heterocycles. The Hall–Kier alpha value is -0.380. The minimum Gasteiger partial charge on any atom is -0.288 e. The Morgan fingerprint density at radius 3 is 2.60 bits per heavy atom. The van der Waals surface area contributed by atoms with Crippen LogP contribution in [0.4, 0.5) is 0 Å². The zero-order valence-electron chi connectivity index (χ0n) is 8.77. The SMILES string of the molecule is I[C@@H]1CCCC[C@@H]1/N=C/c1ccccc1. The first-order valence-corrected chi connectivity index (χ1v) is 6.83. The van der Waals surface area contributed by atoms with Crippen LogP contribution in [0, 0.1) is 0 Å². The van der Waals surface area contributed by atoms with E-state index in [-0.39, 0.29) is 0 Å². The van der Waals surface area contributed by atoms with Crippen LogP contribution in [0.3, 0.4) is 0 Å². The summed E-state index contributed by atoms with van der Waals surface area (Å²) in [7, 11) is 0. The zero-order chi connectivity index (χ0) is 10.5. The molecule has 1 aromatic rings. The lowest BCUT2D eigenvalue weighted by molar-refractivity contribution is 0.468. The quantitative estimate of drug-likeness (QED) is 0.447. The zero-order valence-corrected chi connectivity index (χ0v) is 10.9. The number of hydrogen-bond donors (Lipinski definition) is 0. The van der Waals surface area contributed by atoms with E-state index in [1.54, 1.807) is 0 Å². The lowest BCUT2D eigenvalue weighted by atomic mass is 9.96. The van der Waals surface area contributed by atoms with Crippen molar-refractivity contribution in [3.63, 3.8) is 0 Å². The van der Waals surface area contributed by atoms with Crippen LogP contribution in [0.1, 0.15) is 31.2 Å². The van der Waals surface area contributed by atoms with Gasteiger partial charge >= 0.3 is 0 Å². The second-order valence-corrected chi connectivity index (χ2v) is 5.66. The van der Waals surface area contributed by atoms with Gasteiger partial charge in [0.1, 0.15) is 0 Å². The van der Waals surface area contributed by atoms with E-state index in [2.05, 4.69) is 46.9 Å². The maximum absolute atomic E-state index is 4.70. The van der Waals surface area contributed by atoms with Crippen molar-refractivity contribution in [1.29, 1.82) is 0 Å². The predicted octanol–water partition coefficient (Wildman–Crippen LogP) is 3.85. The molecule has 0 aromatic heterocycles. The molecule has 1 saturated carbocycles. The summed E-state index contributed by atoms with van der Waals surface area (Å²) in [6, 6.07) is 10.9. The lowest BCUT2D eigenvalue weighted by Gasteiger charge is -2.23. The highest BCUT2D eigenvalue weighted by atomic mass is 127. The van der Waals surface area contributed by atoms with E-state index in [1.165, 1.54) is 31.2 Å². The average Bonchev–Trinajstić information content (AvgIpc) is 2.29. The van der Waals surface area contributed by atoms with Gasteiger partial charge in [0, 0.05) is 10.1 Å². The van der Waals surface area contributed by atoms with Gasteiger partial charge in [0.15, 0.2) is 0 Å². The molecule has 1 aliphatic carbocycles. The number of aliphatic imine (C=N–C) groups is 1. The van der Waals surface area contributed by atoms with E-state index in [4.69, 9.17) is 4.99 Å². The summed E-state index contributed by atoms with van der Waals surface area (Å²) < 4.78 is 0.733. The van der Waals surface area contributed by atoms with Crippen molar-refractivity contribution < 1.29 is 0 Å². The summed E-state index contributed by atoms with van der Waals surface area (Å²) in [5, 5.41) is 0. The molecule has 0 bridgehead atoms. The molecule has 1 aliphatic rings. The number of benzene rings is 1. The average molecular weight is 313 g/mol. The van der Waals surface area contributed by atoms with E-state index in [1.807, 2.05) is 12.3 Å². The highest BCUT2D eigenvalue weighted by molar-refractivity contribution is 14.1.